The fraction of sp³-hybridized carbons (Fsp3) is 0.226. The topological polar surface area (TPSA) is 81.5 Å². The molecule has 0 bridgehead atoms. The fourth-order valence-electron chi connectivity index (χ4n) is 4.84. The van der Waals surface area contributed by atoms with Crippen LogP contribution in [0.2, 0.25) is 25.7 Å². The monoisotopic (exact) mass is 532 g/mol. The summed E-state index contributed by atoms with van der Waals surface area (Å²) in [6.07, 6.45) is 7.50. The zero-order valence-electron chi connectivity index (χ0n) is 22.8. The van der Waals surface area contributed by atoms with Gasteiger partial charge in [0.2, 0.25) is 0 Å². The number of nitrogens with one attached hydrogen (secondary N) is 1. The Morgan fingerprint density at radius 2 is 1.72 bits per heavy atom. The first kappa shape index (κ1) is 25.2. The molecular formula is C31H32N6OSi. The number of pyridine rings is 2. The van der Waals surface area contributed by atoms with E-state index in [1.54, 1.807) is 6.20 Å². The van der Waals surface area contributed by atoms with Gasteiger partial charge in [0, 0.05) is 61.5 Å². The maximum absolute atomic E-state index is 6.10. The maximum Gasteiger partial charge on any atom is 0.159 e. The molecule has 0 atom stereocenters. The first-order chi connectivity index (χ1) is 18.9. The average molecular weight is 533 g/mol. The van der Waals surface area contributed by atoms with E-state index in [2.05, 4.69) is 65.8 Å². The van der Waals surface area contributed by atoms with Crippen LogP contribution in [0.15, 0.2) is 79.4 Å². The normalized spacial score (nSPS) is 12.0. The van der Waals surface area contributed by atoms with Gasteiger partial charge in [0.25, 0.3) is 0 Å². The Hall–Kier alpha value is -4.14. The number of hydrogen-bond acceptors (Lipinski definition) is 5. The number of H-pyrrole nitrogens is 1. The van der Waals surface area contributed by atoms with E-state index in [1.807, 2.05) is 53.6 Å². The van der Waals surface area contributed by atoms with Gasteiger partial charge >= 0.3 is 0 Å². The Kier molecular flexibility index (Phi) is 6.58. The number of ether oxygens (including phenoxy) is 1. The molecule has 8 heteroatoms. The van der Waals surface area contributed by atoms with Gasteiger partial charge in [-0.2, -0.15) is 5.10 Å². The van der Waals surface area contributed by atoms with Crippen molar-refractivity contribution in [1.82, 2.24) is 29.7 Å². The van der Waals surface area contributed by atoms with E-state index in [0.29, 0.717) is 6.73 Å². The molecule has 0 saturated carbocycles. The Morgan fingerprint density at radius 1 is 0.897 bits per heavy atom. The first-order valence-electron chi connectivity index (χ1n) is 13.3. The molecule has 2 aromatic carbocycles. The minimum Gasteiger partial charge on any atom is -0.360 e. The molecule has 4 heterocycles. The lowest BCUT2D eigenvalue weighted by molar-refractivity contribution is 0.0818. The average Bonchev–Trinajstić information content (AvgIpc) is 3.52. The quantitative estimate of drug-likeness (QED) is 0.164. The standard InChI is InChI=1S/C31H32N6OSi/c1-21-25(18-33-19-26(21)23-8-7-13-32-17-23)22-11-12-29-24(16-22)30(31-34-27-9-5-6-10-28(27)35-31)36-37(29)20-38-14-15-39(2,3)4/h5-13,16-19H,14-15,20H2,1-4H3,(H,34,35). The third-order valence-electron chi connectivity index (χ3n) is 7.07. The molecule has 7 nitrogen and oxygen atoms in total. The molecule has 0 unspecified atom stereocenters. The van der Waals surface area contributed by atoms with Crippen molar-refractivity contribution in [3.05, 3.63) is 84.9 Å². The number of nitrogens with zero attached hydrogens (tertiary/aromatic N) is 5. The number of rotatable bonds is 8. The van der Waals surface area contributed by atoms with Crippen molar-refractivity contribution < 1.29 is 4.74 Å². The van der Waals surface area contributed by atoms with E-state index in [1.165, 1.54) is 0 Å². The Balaban J connectivity index is 1.44. The molecule has 6 rings (SSSR count). The number of fused-ring (bicyclic) bond motifs is 2. The molecule has 196 valence electrons. The van der Waals surface area contributed by atoms with E-state index in [0.717, 1.165) is 73.9 Å². The van der Waals surface area contributed by atoms with Gasteiger partial charge in [0.1, 0.15) is 12.4 Å². The second-order valence-corrected chi connectivity index (χ2v) is 16.8. The third-order valence-corrected chi connectivity index (χ3v) is 8.78. The van der Waals surface area contributed by atoms with Crippen LogP contribution in [0, 0.1) is 6.92 Å². The van der Waals surface area contributed by atoms with E-state index >= 15 is 0 Å². The van der Waals surface area contributed by atoms with Crippen LogP contribution in [-0.4, -0.2) is 44.4 Å². The van der Waals surface area contributed by atoms with E-state index in [-0.39, 0.29) is 0 Å². The van der Waals surface area contributed by atoms with E-state index < -0.39 is 8.07 Å². The van der Waals surface area contributed by atoms with Crippen molar-refractivity contribution in [3.63, 3.8) is 0 Å². The molecule has 39 heavy (non-hydrogen) atoms. The van der Waals surface area contributed by atoms with Gasteiger partial charge in [-0.3, -0.25) is 9.97 Å². The van der Waals surface area contributed by atoms with Crippen molar-refractivity contribution in [1.29, 1.82) is 0 Å². The molecule has 0 radical (unpaired) electrons. The number of hydrogen-bond donors (Lipinski definition) is 1. The number of aromatic amines is 1. The van der Waals surface area contributed by atoms with Crippen LogP contribution in [0.1, 0.15) is 5.56 Å². The predicted octanol–water partition coefficient (Wildman–Crippen LogP) is 7.32. The number of imidazole rings is 1. The van der Waals surface area contributed by atoms with Crippen molar-refractivity contribution in [2.75, 3.05) is 6.61 Å². The SMILES string of the molecule is Cc1c(-c2cccnc2)cncc1-c1ccc2c(c1)c(-c1nc3ccccc3[nH]1)nn2COCC[Si](C)(C)C. The zero-order valence-corrected chi connectivity index (χ0v) is 23.8. The summed E-state index contributed by atoms with van der Waals surface area (Å²) in [4.78, 5) is 17.2. The van der Waals surface area contributed by atoms with Gasteiger partial charge in [0.05, 0.1) is 16.6 Å². The van der Waals surface area contributed by atoms with Crippen molar-refractivity contribution in [2.45, 2.75) is 39.3 Å². The minimum absolute atomic E-state index is 0.400. The first-order valence-corrected chi connectivity index (χ1v) is 17.0. The highest BCUT2D eigenvalue weighted by molar-refractivity contribution is 6.76. The van der Waals surface area contributed by atoms with Crippen molar-refractivity contribution >= 4 is 30.0 Å². The number of benzene rings is 2. The van der Waals surface area contributed by atoms with Gasteiger partial charge in [-0.1, -0.05) is 43.9 Å². The maximum atomic E-state index is 6.10. The summed E-state index contributed by atoms with van der Waals surface area (Å²) in [5.74, 6) is 0.748. The summed E-state index contributed by atoms with van der Waals surface area (Å²) in [6, 6.07) is 19.7. The molecule has 0 amide bonds. The molecule has 0 spiro atoms. The molecule has 0 saturated heterocycles. The van der Waals surface area contributed by atoms with Crippen LogP contribution in [0.3, 0.4) is 0 Å². The second-order valence-electron chi connectivity index (χ2n) is 11.1. The smallest absolute Gasteiger partial charge is 0.159 e. The third kappa shape index (κ3) is 5.13. The summed E-state index contributed by atoms with van der Waals surface area (Å²) in [7, 11) is -1.17. The van der Waals surface area contributed by atoms with Gasteiger partial charge in [0.15, 0.2) is 5.82 Å². The molecule has 4 aromatic heterocycles. The van der Waals surface area contributed by atoms with Gasteiger partial charge < -0.3 is 9.72 Å². The number of aromatic nitrogens is 6. The largest absolute Gasteiger partial charge is 0.360 e. The highest BCUT2D eigenvalue weighted by Crippen LogP contribution is 2.35. The van der Waals surface area contributed by atoms with Gasteiger partial charge in [-0.15, -0.1) is 0 Å². The van der Waals surface area contributed by atoms with Crippen molar-refractivity contribution in [2.24, 2.45) is 0 Å². The van der Waals surface area contributed by atoms with Crippen LogP contribution in [0.5, 0.6) is 0 Å². The Bertz CT molecular complexity index is 1730. The highest BCUT2D eigenvalue weighted by Gasteiger charge is 2.19. The van der Waals surface area contributed by atoms with Gasteiger partial charge in [-0.25, -0.2) is 9.67 Å². The molecule has 0 aliphatic rings. The Morgan fingerprint density at radius 3 is 2.49 bits per heavy atom. The lowest BCUT2D eigenvalue weighted by Crippen LogP contribution is -2.22. The van der Waals surface area contributed by atoms with Crippen molar-refractivity contribution in [3.8, 4) is 33.8 Å². The lowest BCUT2D eigenvalue weighted by Gasteiger charge is -2.15. The molecule has 1 N–H and O–H groups in total. The lowest BCUT2D eigenvalue weighted by atomic mass is 9.95. The molecule has 0 aliphatic carbocycles. The highest BCUT2D eigenvalue weighted by atomic mass is 28.3. The molecule has 0 fully saturated rings. The number of para-hydroxylation sites is 2. The summed E-state index contributed by atoms with van der Waals surface area (Å²) in [5, 5.41) is 6.02. The minimum atomic E-state index is -1.17. The predicted molar refractivity (Wildman–Crippen MR) is 160 cm³/mol. The van der Waals surface area contributed by atoms with Crippen LogP contribution in [0.4, 0.5) is 0 Å². The van der Waals surface area contributed by atoms with Gasteiger partial charge in [-0.05, 0) is 54.4 Å². The zero-order chi connectivity index (χ0) is 27.0. The van der Waals surface area contributed by atoms with Crippen LogP contribution in [-0.2, 0) is 11.5 Å². The second kappa shape index (κ2) is 10.2. The fourth-order valence-corrected chi connectivity index (χ4v) is 5.60. The van der Waals surface area contributed by atoms with E-state index in [9.17, 15) is 0 Å². The summed E-state index contributed by atoms with van der Waals surface area (Å²) in [6.45, 7) is 10.4. The van der Waals surface area contributed by atoms with Crippen LogP contribution >= 0.6 is 0 Å². The summed E-state index contributed by atoms with van der Waals surface area (Å²) < 4.78 is 8.05. The van der Waals surface area contributed by atoms with E-state index in [4.69, 9.17) is 14.8 Å². The Labute approximate surface area is 228 Å². The molecular weight excluding hydrogens is 500 g/mol. The summed E-state index contributed by atoms with van der Waals surface area (Å²) >= 11 is 0. The molecule has 6 aromatic rings. The summed E-state index contributed by atoms with van der Waals surface area (Å²) in [5.41, 5.74) is 9.17. The van der Waals surface area contributed by atoms with Crippen LogP contribution in [0.25, 0.3) is 55.7 Å². The molecule has 0 aliphatic heterocycles. The van der Waals surface area contributed by atoms with Crippen LogP contribution < -0.4 is 0 Å².